The first-order valence-corrected chi connectivity index (χ1v) is 6.89. The highest BCUT2D eigenvalue weighted by molar-refractivity contribution is 5.77. The van der Waals surface area contributed by atoms with Gasteiger partial charge in [-0.15, -0.1) is 5.10 Å². The summed E-state index contributed by atoms with van der Waals surface area (Å²) in [7, 11) is 1.62. The van der Waals surface area contributed by atoms with Gasteiger partial charge in [0.25, 0.3) is 0 Å². The molecule has 0 amide bonds. The number of nitrogens with two attached hydrogens (primary N) is 1. The van der Waals surface area contributed by atoms with E-state index in [4.69, 9.17) is 10.5 Å². The molecule has 1 aliphatic rings. The SMILES string of the molecule is COc1cccc(N)c1-c1nnnn1CC(C)C1CC1. The molecule has 2 aromatic rings. The zero-order chi connectivity index (χ0) is 14.1. The van der Waals surface area contributed by atoms with Gasteiger partial charge in [-0.05, 0) is 47.2 Å². The number of nitrogen functional groups attached to an aromatic ring is 1. The van der Waals surface area contributed by atoms with Crippen molar-refractivity contribution in [2.24, 2.45) is 11.8 Å². The summed E-state index contributed by atoms with van der Waals surface area (Å²) in [4.78, 5) is 0. The minimum Gasteiger partial charge on any atom is -0.496 e. The molecule has 6 heteroatoms. The van der Waals surface area contributed by atoms with Gasteiger partial charge in [-0.1, -0.05) is 13.0 Å². The number of benzene rings is 1. The quantitative estimate of drug-likeness (QED) is 0.843. The molecule has 0 aliphatic heterocycles. The zero-order valence-electron chi connectivity index (χ0n) is 11.8. The van der Waals surface area contributed by atoms with Crippen molar-refractivity contribution < 1.29 is 4.74 Å². The third-order valence-electron chi connectivity index (χ3n) is 3.92. The normalized spacial score (nSPS) is 16.1. The third kappa shape index (κ3) is 2.33. The minimum atomic E-state index is 0.577. The Morgan fingerprint density at radius 1 is 1.45 bits per heavy atom. The first kappa shape index (κ1) is 12.9. The van der Waals surface area contributed by atoms with E-state index in [1.165, 1.54) is 12.8 Å². The van der Waals surface area contributed by atoms with Crippen molar-refractivity contribution >= 4 is 5.69 Å². The maximum atomic E-state index is 6.07. The zero-order valence-corrected chi connectivity index (χ0v) is 11.8. The summed E-state index contributed by atoms with van der Waals surface area (Å²) in [6, 6.07) is 5.56. The highest BCUT2D eigenvalue weighted by Crippen LogP contribution is 2.38. The lowest BCUT2D eigenvalue weighted by Crippen LogP contribution is -2.13. The summed E-state index contributed by atoms with van der Waals surface area (Å²) in [6.45, 7) is 3.05. The molecular weight excluding hydrogens is 254 g/mol. The van der Waals surface area contributed by atoms with Gasteiger partial charge in [0.15, 0.2) is 5.82 Å². The van der Waals surface area contributed by atoms with E-state index in [0.29, 0.717) is 23.2 Å². The fraction of sp³-hybridized carbons (Fsp3) is 0.500. The van der Waals surface area contributed by atoms with Crippen LogP contribution >= 0.6 is 0 Å². The van der Waals surface area contributed by atoms with E-state index in [0.717, 1.165) is 18.0 Å². The van der Waals surface area contributed by atoms with Crippen LogP contribution in [0.5, 0.6) is 5.75 Å². The number of methoxy groups -OCH3 is 1. The second kappa shape index (κ2) is 5.11. The van der Waals surface area contributed by atoms with Crippen LogP contribution in [0.25, 0.3) is 11.4 Å². The van der Waals surface area contributed by atoms with Crippen LogP contribution < -0.4 is 10.5 Å². The predicted molar refractivity (Wildman–Crippen MR) is 76.1 cm³/mol. The van der Waals surface area contributed by atoms with E-state index >= 15 is 0 Å². The van der Waals surface area contributed by atoms with Crippen molar-refractivity contribution in [1.29, 1.82) is 0 Å². The van der Waals surface area contributed by atoms with Crippen LogP contribution in [0, 0.1) is 11.8 Å². The number of anilines is 1. The Morgan fingerprint density at radius 2 is 2.25 bits per heavy atom. The topological polar surface area (TPSA) is 78.8 Å². The highest BCUT2D eigenvalue weighted by atomic mass is 16.5. The maximum Gasteiger partial charge on any atom is 0.187 e. The number of ether oxygens (including phenoxy) is 1. The van der Waals surface area contributed by atoms with Crippen molar-refractivity contribution in [2.45, 2.75) is 26.3 Å². The Balaban J connectivity index is 1.96. The first-order chi connectivity index (χ1) is 9.70. The van der Waals surface area contributed by atoms with Crippen LogP contribution in [0.15, 0.2) is 18.2 Å². The van der Waals surface area contributed by atoms with Crippen molar-refractivity contribution in [3.05, 3.63) is 18.2 Å². The number of aromatic nitrogens is 4. The van der Waals surface area contributed by atoms with Gasteiger partial charge in [0.2, 0.25) is 0 Å². The Bertz CT molecular complexity index is 605. The van der Waals surface area contributed by atoms with Gasteiger partial charge in [-0.2, -0.15) is 0 Å². The summed E-state index contributed by atoms with van der Waals surface area (Å²) in [5, 5.41) is 12.0. The van der Waals surface area contributed by atoms with Crippen LogP contribution in [-0.2, 0) is 6.54 Å². The lowest BCUT2D eigenvalue weighted by atomic mass is 10.1. The Hall–Kier alpha value is -2.11. The molecule has 1 heterocycles. The van der Waals surface area contributed by atoms with Gasteiger partial charge < -0.3 is 10.5 Å². The number of rotatable bonds is 5. The average Bonchev–Trinajstić information content (AvgIpc) is 3.20. The summed E-state index contributed by atoms with van der Waals surface area (Å²) in [5.41, 5.74) is 7.46. The van der Waals surface area contributed by atoms with Crippen LogP contribution in [-0.4, -0.2) is 27.3 Å². The maximum absolute atomic E-state index is 6.07. The van der Waals surface area contributed by atoms with E-state index in [1.807, 2.05) is 22.9 Å². The Kier molecular flexibility index (Phi) is 3.30. The fourth-order valence-corrected chi connectivity index (χ4v) is 2.55. The van der Waals surface area contributed by atoms with Gasteiger partial charge in [0.1, 0.15) is 5.75 Å². The Morgan fingerprint density at radius 3 is 2.95 bits per heavy atom. The van der Waals surface area contributed by atoms with Crippen molar-refractivity contribution in [2.75, 3.05) is 12.8 Å². The van der Waals surface area contributed by atoms with E-state index in [-0.39, 0.29) is 0 Å². The van der Waals surface area contributed by atoms with Gasteiger partial charge in [0, 0.05) is 12.2 Å². The highest BCUT2D eigenvalue weighted by Gasteiger charge is 2.29. The molecule has 0 saturated heterocycles. The lowest BCUT2D eigenvalue weighted by Gasteiger charge is -2.13. The molecule has 1 saturated carbocycles. The van der Waals surface area contributed by atoms with Crippen LogP contribution in [0.1, 0.15) is 19.8 Å². The van der Waals surface area contributed by atoms with Crippen LogP contribution in [0.3, 0.4) is 0 Å². The molecule has 1 aliphatic carbocycles. The number of tetrazole rings is 1. The second-order valence-electron chi connectivity index (χ2n) is 5.42. The van der Waals surface area contributed by atoms with Crippen LogP contribution in [0.4, 0.5) is 5.69 Å². The molecule has 3 rings (SSSR count). The molecule has 20 heavy (non-hydrogen) atoms. The summed E-state index contributed by atoms with van der Waals surface area (Å²) in [6.07, 6.45) is 2.63. The van der Waals surface area contributed by atoms with Gasteiger partial charge in [-0.25, -0.2) is 4.68 Å². The van der Waals surface area contributed by atoms with Gasteiger partial charge in [-0.3, -0.25) is 0 Å². The fourth-order valence-electron chi connectivity index (χ4n) is 2.55. The van der Waals surface area contributed by atoms with Crippen molar-refractivity contribution in [3.8, 4) is 17.1 Å². The van der Waals surface area contributed by atoms with Crippen LogP contribution in [0.2, 0.25) is 0 Å². The smallest absolute Gasteiger partial charge is 0.187 e. The molecular formula is C14H19N5O. The van der Waals surface area contributed by atoms with Crippen molar-refractivity contribution in [1.82, 2.24) is 20.2 Å². The molecule has 6 nitrogen and oxygen atoms in total. The largest absolute Gasteiger partial charge is 0.496 e. The average molecular weight is 273 g/mol. The molecule has 1 unspecified atom stereocenters. The lowest BCUT2D eigenvalue weighted by molar-refractivity contribution is 0.399. The standard InChI is InChI=1S/C14H19N5O/c1-9(10-6-7-10)8-19-14(16-17-18-19)13-11(15)4-3-5-12(13)20-2/h3-5,9-10H,6-8,15H2,1-2H3. The van der Waals surface area contributed by atoms with E-state index in [1.54, 1.807) is 7.11 Å². The van der Waals surface area contributed by atoms with E-state index in [9.17, 15) is 0 Å². The van der Waals surface area contributed by atoms with Crippen molar-refractivity contribution in [3.63, 3.8) is 0 Å². The monoisotopic (exact) mass is 273 g/mol. The molecule has 1 fully saturated rings. The first-order valence-electron chi connectivity index (χ1n) is 6.89. The Labute approximate surface area is 117 Å². The summed E-state index contributed by atoms with van der Waals surface area (Å²) < 4.78 is 7.21. The summed E-state index contributed by atoms with van der Waals surface area (Å²) in [5.74, 6) is 2.75. The molecule has 1 atom stereocenters. The third-order valence-corrected chi connectivity index (χ3v) is 3.92. The van der Waals surface area contributed by atoms with E-state index in [2.05, 4.69) is 22.4 Å². The molecule has 0 bridgehead atoms. The second-order valence-corrected chi connectivity index (χ2v) is 5.42. The minimum absolute atomic E-state index is 0.577. The molecule has 1 aromatic heterocycles. The molecule has 0 spiro atoms. The molecule has 106 valence electrons. The number of hydrogen-bond acceptors (Lipinski definition) is 5. The molecule has 1 aromatic carbocycles. The number of nitrogens with zero attached hydrogens (tertiary/aromatic N) is 4. The molecule has 0 radical (unpaired) electrons. The number of hydrogen-bond donors (Lipinski definition) is 1. The molecule has 2 N–H and O–H groups in total. The van der Waals surface area contributed by atoms with E-state index < -0.39 is 0 Å². The van der Waals surface area contributed by atoms with Gasteiger partial charge >= 0.3 is 0 Å². The van der Waals surface area contributed by atoms with Gasteiger partial charge in [0.05, 0.1) is 12.7 Å². The summed E-state index contributed by atoms with van der Waals surface area (Å²) >= 11 is 0. The predicted octanol–water partition coefficient (Wildman–Crippen LogP) is 1.98.